The molecule has 0 fully saturated rings. The Morgan fingerprint density at radius 3 is 2.12 bits per heavy atom. The van der Waals surface area contributed by atoms with Crippen molar-refractivity contribution in [3.8, 4) is 11.5 Å². The molecule has 0 bridgehead atoms. The molecule has 0 aliphatic rings. The van der Waals surface area contributed by atoms with Crippen LogP contribution in [0.5, 0.6) is 11.5 Å². The molecule has 0 radical (unpaired) electrons. The first-order chi connectivity index (χ1) is 19.7. The van der Waals surface area contributed by atoms with Gasteiger partial charge in [-0.25, -0.2) is 12.8 Å². The van der Waals surface area contributed by atoms with Crippen molar-refractivity contribution in [2.75, 3.05) is 31.3 Å². The van der Waals surface area contributed by atoms with Crippen LogP contribution >= 0.6 is 0 Å². The van der Waals surface area contributed by atoms with Gasteiger partial charge in [0.15, 0.2) is 0 Å². The van der Waals surface area contributed by atoms with Crippen molar-refractivity contribution < 1.29 is 31.9 Å². The molecule has 42 heavy (non-hydrogen) atoms. The number of carbonyl (C=O) groups is 2. The van der Waals surface area contributed by atoms with E-state index in [1.54, 1.807) is 12.1 Å². The van der Waals surface area contributed by atoms with E-state index in [1.165, 1.54) is 49.5 Å². The zero-order valence-corrected chi connectivity index (χ0v) is 25.6. The molecular formula is C31H38FN3O6S. The molecule has 3 aromatic rings. The van der Waals surface area contributed by atoms with Gasteiger partial charge < -0.3 is 19.7 Å². The van der Waals surface area contributed by atoms with Gasteiger partial charge >= 0.3 is 0 Å². The van der Waals surface area contributed by atoms with Crippen LogP contribution in [0.4, 0.5) is 10.1 Å². The molecule has 0 aromatic heterocycles. The van der Waals surface area contributed by atoms with Crippen molar-refractivity contribution in [3.05, 3.63) is 89.7 Å². The lowest BCUT2D eigenvalue weighted by Gasteiger charge is -2.35. The average molecular weight is 600 g/mol. The molecule has 11 heteroatoms. The Balaban J connectivity index is 2.12. The van der Waals surface area contributed by atoms with Gasteiger partial charge in [-0.15, -0.1) is 0 Å². The zero-order valence-electron chi connectivity index (χ0n) is 24.8. The predicted molar refractivity (Wildman–Crippen MR) is 161 cm³/mol. The normalized spacial score (nSPS) is 12.3. The lowest BCUT2D eigenvalue weighted by atomic mass is 10.0. The molecule has 0 unspecified atom stereocenters. The number of nitrogens with one attached hydrogen (secondary N) is 1. The van der Waals surface area contributed by atoms with Gasteiger partial charge in [0.2, 0.25) is 21.8 Å². The van der Waals surface area contributed by atoms with Crippen molar-refractivity contribution in [1.82, 2.24) is 10.2 Å². The number of methoxy groups -OCH3 is 2. The van der Waals surface area contributed by atoms with Crippen LogP contribution in [-0.2, 0) is 32.6 Å². The van der Waals surface area contributed by atoms with Crippen LogP contribution in [0.25, 0.3) is 0 Å². The molecule has 1 atom stereocenters. The van der Waals surface area contributed by atoms with Crippen LogP contribution < -0.4 is 19.1 Å². The summed E-state index contributed by atoms with van der Waals surface area (Å²) < 4.78 is 51.5. The van der Waals surface area contributed by atoms with Crippen molar-refractivity contribution in [2.45, 2.75) is 45.3 Å². The van der Waals surface area contributed by atoms with Crippen molar-refractivity contribution in [3.63, 3.8) is 0 Å². The molecule has 3 rings (SSSR count). The van der Waals surface area contributed by atoms with E-state index in [9.17, 15) is 22.4 Å². The number of hydrogen-bond acceptors (Lipinski definition) is 6. The third-order valence-electron chi connectivity index (χ3n) is 6.37. The first-order valence-electron chi connectivity index (χ1n) is 13.3. The summed E-state index contributed by atoms with van der Waals surface area (Å²) in [6, 6.07) is 18.4. The fourth-order valence-electron chi connectivity index (χ4n) is 4.38. The minimum Gasteiger partial charge on any atom is -0.497 e. The predicted octanol–water partition coefficient (Wildman–Crippen LogP) is 4.16. The summed E-state index contributed by atoms with van der Waals surface area (Å²) in [5.41, 5.74) is 0.867. The number of rotatable bonds is 12. The van der Waals surface area contributed by atoms with E-state index in [2.05, 4.69) is 5.32 Å². The van der Waals surface area contributed by atoms with Crippen LogP contribution in [0.15, 0.2) is 72.8 Å². The van der Waals surface area contributed by atoms with Crippen LogP contribution in [0.2, 0.25) is 0 Å². The smallest absolute Gasteiger partial charge is 0.244 e. The number of hydrogen-bond donors (Lipinski definition) is 1. The number of anilines is 1. The third kappa shape index (κ3) is 8.94. The SMILES string of the molecule is COc1ccc(OC)c(N(CC(=O)N(Cc2ccc(F)cc2)[C@H](Cc2ccccc2)C(=O)NC(C)(C)C)S(C)(=O)=O)c1. The molecule has 2 amide bonds. The summed E-state index contributed by atoms with van der Waals surface area (Å²) in [6.07, 6.45) is 1.15. The average Bonchev–Trinajstić information content (AvgIpc) is 2.93. The summed E-state index contributed by atoms with van der Waals surface area (Å²) >= 11 is 0. The zero-order chi connectivity index (χ0) is 31.1. The Hall–Kier alpha value is -4.12. The van der Waals surface area contributed by atoms with Crippen LogP contribution in [0, 0.1) is 5.82 Å². The molecule has 0 spiro atoms. The van der Waals surface area contributed by atoms with Crippen molar-refractivity contribution in [2.24, 2.45) is 0 Å². The van der Waals surface area contributed by atoms with Gasteiger partial charge in [-0.05, 0) is 56.2 Å². The lowest BCUT2D eigenvalue weighted by molar-refractivity contribution is -0.140. The van der Waals surface area contributed by atoms with Crippen LogP contribution in [0.3, 0.4) is 0 Å². The van der Waals surface area contributed by atoms with Crippen molar-refractivity contribution in [1.29, 1.82) is 0 Å². The number of benzene rings is 3. The van der Waals surface area contributed by atoms with Gasteiger partial charge in [-0.1, -0.05) is 42.5 Å². The van der Waals surface area contributed by atoms with E-state index >= 15 is 0 Å². The number of carbonyl (C=O) groups excluding carboxylic acids is 2. The standard InChI is InChI=1S/C31H38FN3O6S/c1-31(2,3)33-30(37)27(18-22-10-8-7-9-11-22)34(20-23-12-14-24(32)15-13-23)29(36)21-35(42(6,38)39)26-19-25(40-4)16-17-28(26)41-5/h7-17,19,27H,18,20-21H2,1-6H3,(H,33,37)/t27-/m1/s1. The van der Waals surface area contributed by atoms with Crippen LogP contribution in [0.1, 0.15) is 31.9 Å². The Bertz CT molecular complexity index is 1470. The second-order valence-corrected chi connectivity index (χ2v) is 12.8. The fourth-order valence-corrected chi connectivity index (χ4v) is 5.22. The second kappa shape index (κ2) is 13.7. The second-order valence-electron chi connectivity index (χ2n) is 10.9. The maximum absolute atomic E-state index is 14.2. The topological polar surface area (TPSA) is 105 Å². The summed E-state index contributed by atoms with van der Waals surface area (Å²) in [5, 5.41) is 2.96. The molecule has 3 aromatic carbocycles. The van der Waals surface area contributed by atoms with E-state index in [0.29, 0.717) is 11.3 Å². The third-order valence-corrected chi connectivity index (χ3v) is 7.50. The van der Waals surface area contributed by atoms with E-state index in [1.807, 2.05) is 51.1 Å². The minimum absolute atomic E-state index is 0.0684. The molecular weight excluding hydrogens is 561 g/mol. The summed E-state index contributed by atoms with van der Waals surface area (Å²) in [7, 11) is -1.19. The maximum atomic E-state index is 14.2. The van der Waals surface area contributed by atoms with E-state index in [0.717, 1.165) is 16.1 Å². The highest BCUT2D eigenvalue weighted by Crippen LogP contribution is 2.34. The highest BCUT2D eigenvalue weighted by atomic mass is 32.2. The largest absolute Gasteiger partial charge is 0.497 e. The first-order valence-corrected chi connectivity index (χ1v) is 15.2. The van der Waals surface area contributed by atoms with Gasteiger partial charge in [0.05, 0.1) is 26.2 Å². The van der Waals surface area contributed by atoms with E-state index in [-0.39, 0.29) is 24.4 Å². The number of nitrogens with zero attached hydrogens (tertiary/aromatic N) is 2. The summed E-state index contributed by atoms with van der Waals surface area (Å²) in [4.78, 5) is 29.3. The molecule has 9 nitrogen and oxygen atoms in total. The van der Waals surface area contributed by atoms with Gasteiger partial charge in [-0.3, -0.25) is 13.9 Å². The molecule has 0 heterocycles. The quantitative estimate of drug-likeness (QED) is 0.335. The Kier molecular flexibility index (Phi) is 10.6. The summed E-state index contributed by atoms with van der Waals surface area (Å²) in [6.45, 7) is 4.80. The van der Waals surface area contributed by atoms with Gasteiger partial charge in [-0.2, -0.15) is 0 Å². The Labute approximate surface area is 247 Å². The van der Waals surface area contributed by atoms with Gasteiger partial charge in [0.25, 0.3) is 0 Å². The summed E-state index contributed by atoms with van der Waals surface area (Å²) in [5.74, 6) is -0.922. The van der Waals surface area contributed by atoms with Crippen molar-refractivity contribution >= 4 is 27.5 Å². The minimum atomic E-state index is -4.02. The van der Waals surface area contributed by atoms with E-state index in [4.69, 9.17) is 9.47 Å². The lowest BCUT2D eigenvalue weighted by Crippen LogP contribution is -2.56. The number of sulfonamides is 1. The number of amides is 2. The monoisotopic (exact) mass is 599 g/mol. The maximum Gasteiger partial charge on any atom is 0.244 e. The van der Waals surface area contributed by atoms with E-state index < -0.39 is 45.8 Å². The molecule has 0 aliphatic carbocycles. The number of ether oxygens (including phenoxy) is 2. The highest BCUT2D eigenvalue weighted by molar-refractivity contribution is 7.92. The Morgan fingerprint density at radius 1 is 0.929 bits per heavy atom. The molecule has 0 saturated heterocycles. The highest BCUT2D eigenvalue weighted by Gasteiger charge is 2.35. The van der Waals surface area contributed by atoms with Gasteiger partial charge in [0, 0.05) is 24.6 Å². The first kappa shape index (κ1) is 32.4. The fraction of sp³-hybridized carbons (Fsp3) is 0.355. The van der Waals surface area contributed by atoms with Crippen LogP contribution in [-0.4, -0.2) is 63.7 Å². The molecule has 1 N–H and O–H groups in total. The van der Waals surface area contributed by atoms with Gasteiger partial charge in [0.1, 0.15) is 29.9 Å². The molecule has 226 valence electrons. The molecule has 0 saturated carbocycles. The Morgan fingerprint density at radius 2 is 1.57 bits per heavy atom. The number of halogens is 1. The molecule has 0 aliphatic heterocycles.